The number of rotatable bonds is 7. The van der Waals surface area contributed by atoms with Crippen LogP contribution in [0.2, 0.25) is 0 Å². The van der Waals surface area contributed by atoms with Gasteiger partial charge >= 0.3 is 0 Å². The van der Waals surface area contributed by atoms with Gasteiger partial charge in [0, 0.05) is 20.3 Å². The van der Waals surface area contributed by atoms with Gasteiger partial charge in [-0.2, -0.15) is 0 Å². The van der Waals surface area contributed by atoms with Gasteiger partial charge in [-0.05, 0) is 38.1 Å². The Morgan fingerprint density at radius 2 is 1.87 bits per heavy atom. The molecule has 0 radical (unpaired) electrons. The molecule has 2 atom stereocenters. The van der Waals surface area contributed by atoms with Gasteiger partial charge in [0.2, 0.25) is 0 Å². The highest BCUT2D eigenvalue weighted by molar-refractivity contribution is 4.76. The van der Waals surface area contributed by atoms with Gasteiger partial charge in [-0.1, -0.05) is 12.8 Å². The second-order valence-electron chi connectivity index (χ2n) is 4.39. The van der Waals surface area contributed by atoms with Crippen molar-refractivity contribution in [1.29, 1.82) is 0 Å². The predicted molar refractivity (Wildman–Crippen MR) is 61.9 cm³/mol. The molecule has 1 fully saturated rings. The van der Waals surface area contributed by atoms with Crippen LogP contribution in [-0.4, -0.2) is 33.0 Å². The summed E-state index contributed by atoms with van der Waals surface area (Å²) in [7, 11) is 1.74. The third-order valence-electron chi connectivity index (χ3n) is 3.22. The van der Waals surface area contributed by atoms with Gasteiger partial charge in [-0.3, -0.25) is 0 Å². The minimum atomic E-state index is 0.422. The second kappa shape index (κ2) is 8.08. The Kier molecular flexibility index (Phi) is 6.98. The van der Waals surface area contributed by atoms with Crippen LogP contribution in [0.25, 0.3) is 0 Å². The average molecular weight is 215 g/mol. The number of nitrogens with two attached hydrogens (primary N) is 1. The maximum atomic E-state index is 5.90. The zero-order chi connectivity index (χ0) is 10.9. The summed E-state index contributed by atoms with van der Waals surface area (Å²) in [6, 6.07) is 0. The molecule has 0 aromatic carbocycles. The van der Waals surface area contributed by atoms with Crippen LogP contribution in [0.4, 0.5) is 0 Å². The highest BCUT2D eigenvalue weighted by Gasteiger charge is 2.24. The lowest BCUT2D eigenvalue weighted by molar-refractivity contribution is -0.0108. The molecule has 3 nitrogen and oxygen atoms in total. The molecule has 0 aliphatic heterocycles. The first-order valence-electron chi connectivity index (χ1n) is 6.19. The number of hydrogen-bond donors (Lipinski definition) is 1. The predicted octanol–water partition coefficient (Wildman–Crippen LogP) is 1.95. The highest BCUT2D eigenvalue weighted by Crippen LogP contribution is 2.26. The zero-order valence-electron chi connectivity index (χ0n) is 9.91. The third-order valence-corrected chi connectivity index (χ3v) is 3.22. The first-order chi connectivity index (χ1) is 7.38. The Labute approximate surface area is 93.3 Å². The highest BCUT2D eigenvalue weighted by atomic mass is 16.5. The van der Waals surface area contributed by atoms with Crippen molar-refractivity contribution in [2.75, 3.05) is 26.9 Å². The van der Waals surface area contributed by atoms with Gasteiger partial charge in [0.1, 0.15) is 0 Å². The molecule has 1 aliphatic carbocycles. The summed E-state index contributed by atoms with van der Waals surface area (Å²) in [6.07, 6.45) is 7.69. The zero-order valence-corrected chi connectivity index (χ0v) is 9.91. The van der Waals surface area contributed by atoms with Crippen molar-refractivity contribution < 1.29 is 9.47 Å². The Bertz CT molecular complexity index is 153. The second-order valence-corrected chi connectivity index (χ2v) is 4.39. The number of ether oxygens (including phenoxy) is 2. The summed E-state index contributed by atoms with van der Waals surface area (Å²) in [5.74, 6) is 0.598. The van der Waals surface area contributed by atoms with Crippen LogP contribution in [-0.2, 0) is 9.47 Å². The van der Waals surface area contributed by atoms with Gasteiger partial charge in [0.25, 0.3) is 0 Å². The molecule has 2 N–H and O–H groups in total. The lowest BCUT2D eigenvalue weighted by Crippen LogP contribution is -2.33. The molecule has 0 spiro atoms. The van der Waals surface area contributed by atoms with E-state index >= 15 is 0 Å². The van der Waals surface area contributed by atoms with Crippen molar-refractivity contribution >= 4 is 0 Å². The standard InChI is InChI=1S/C12H25NO2/c1-14-8-4-5-9-15-12-7-3-2-6-11(12)10-13/h11-12H,2-10,13H2,1H3. The summed E-state index contributed by atoms with van der Waals surface area (Å²) >= 11 is 0. The summed E-state index contributed by atoms with van der Waals surface area (Å²) in [6.45, 7) is 2.49. The van der Waals surface area contributed by atoms with E-state index in [9.17, 15) is 0 Å². The van der Waals surface area contributed by atoms with E-state index in [1.807, 2.05) is 0 Å². The SMILES string of the molecule is COCCCCOC1CCCCC1CN. The van der Waals surface area contributed by atoms with Crippen LogP contribution in [0.3, 0.4) is 0 Å². The normalized spacial score (nSPS) is 26.8. The van der Waals surface area contributed by atoms with E-state index in [-0.39, 0.29) is 0 Å². The Morgan fingerprint density at radius 3 is 2.60 bits per heavy atom. The fraction of sp³-hybridized carbons (Fsp3) is 1.00. The molecule has 0 aromatic rings. The van der Waals surface area contributed by atoms with Crippen LogP contribution in [0, 0.1) is 5.92 Å². The molecule has 0 amide bonds. The van der Waals surface area contributed by atoms with E-state index in [0.29, 0.717) is 12.0 Å². The van der Waals surface area contributed by atoms with Crippen molar-refractivity contribution in [3.63, 3.8) is 0 Å². The van der Waals surface area contributed by atoms with Gasteiger partial charge in [-0.15, -0.1) is 0 Å². The summed E-state index contributed by atoms with van der Waals surface area (Å²) < 4.78 is 10.9. The number of methoxy groups -OCH3 is 1. The molecule has 0 aromatic heterocycles. The molecule has 1 rings (SSSR count). The third kappa shape index (κ3) is 4.96. The van der Waals surface area contributed by atoms with E-state index in [4.69, 9.17) is 15.2 Å². The first-order valence-corrected chi connectivity index (χ1v) is 6.19. The Balaban J connectivity index is 2.07. The molecule has 2 unspecified atom stereocenters. The Hall–Kier alpha value is -0.120. The van der Waals surface area contributed by atoms with Crippen molar-refractivity contribution in [1.82, 2.24) is 0 Å². The molecule has 0 bridgehead atoms. The van der Waals surface area contributed by atoms with Gasteiger partial charge in [0.15, 0.2) is 0 Å². The molecular formula is C12H25NO2. The average Bonchev–Trinajstić information content (AvgIpc) is 2.29. The van der Waals surface area contributed by atoms with Gasteiger partial charge in [-0.25, -0.2) is 0 Å². The number of unbranched alkanes of at least 4 members (excludes halogenated alkanes) is 1. The molecular weight excluding hydrogens is 190 g/mol. The molecule has 1 aliphatic rings. The van der Waals surface area contributed by atoms with Gasteiger partial charge < -0.3 is 15.2 Å². The van der Waals surface area contributed by atoms with Crippen LogP contribution in [0.5, 0.6) is 0 Å². The quantitative estimate of drug-likeness (QED) is 0.660. The minimum Gasteiger partial charge on any atom is -0.385 e. The topological polar surface area (TPSA) is 44.5 Å². The monoisotopic (exact) mass is 215 g/mol. The lowest BCUT2D eigenvalue weighted by Gasteiger charge is -2.30. The lowest BCUT2D eigenvalue weighted by atomic mass is 9.86. The molecule has 3 heteroatoms. The van der Waals surface area contributed by atoms with Crippen LogP contribution in [0.15, 0.2) is 0 Å². The molecule has 0 heterocycles. The Morgan fingerprint density at radius 1 is 1.13 bits per heavy atom. The molecule has 0 saturated heterocycles. The minimum absolute atomic E-state index is 0.422. The number of hydrogen-bond acceptors (Lipinski definition) is 3. The summed E-state index contributed by atoms with van der Waals surface area (Å²) in [5, 5.41) is 0. The van der Waals surface area contributed by atoms with E-state index in [2.05, 4.69) is 0 Å². The van der Waals surface area contributed by atoms with Crippen molar-refractivity contribution in [2.24, 2.45) is 11.7 Å². The van der Waals surface area contributed by atoms with Crippen LogP contribution >= 0.6 is 0 Å². The molecule has 90 valence electrons. The maximum Gasteiger partial charge on any atom is 0.0615 e. The summed E-state index contributed by atoms with van der Waals surface area (Å²) in [4.78, 5) is 0. The van der Waals surface area contributed by atoms with Crippen molar-refractivity contribution in [2.45, 2.75) is 44.6 Å². The van der Waals surface area contributed by atoms with Crippen LogP contribution < -0.4 is 5.73 Å². The fourth-order valence-electron chi connectivity index (χ4n) is 2.25. The summed E-state index contributed by atoms with van der Waals surface area (Å²) in [5.41, 5.74) is 5.75. The van der Waals surface area contributed by atoms with E-state index in [0.717, 1.165) is 32.6 Å². The van der Waals surface area contributed by atoms with Gasteiger partial charge in [0.05, 0.1) is 6.10 Å². The van der Waals surface area contributed by atoms with E-state index < -0.39 is 0 Å². The van der Waals surface area contributed by atoms with Crippen molar-refractivity contribution in [3.05, 3.63) is 0 Å². The van der Waals surface area contributed by atoms with E-state index in [1.165, 1.54) is 25.7 Å². The molecule has 15 heavy (non-hydrogen) atoms. The molecule has 1 saturated carbocycles. The largest absolute Gasteiger partial charge is 0.385 e. The smallest absolute Gasteiger partial charge is 0.0615 e. The van der Waals surface area contributed by atoms with Crippen molar-refractivity contribution in [3.8, 4) is 0 Å². The fourth-order valence-corrected chi connectivity index (χ4v) is 2.25. The first kappa shape index (κ1) is 12.9. The van der Waals surface area contributed by atoms with Crippen LogP contribution in [0.1, 0.15) is 38.5 Å². The maximum absolute atomic E-state index is 5.90. The van der Waals surface area contributed by atoms with E-state index in [1.54, 1.807) is 7.11 Å².